The molecule has 23 nitrogen and oxygen atoms in total. The number of esters is 1. The average Bonchev–Trinajstić information content (AvgIpc) is 1.82. The maximum absolute atomic E-state index is 14.6. The van der Waals surface area contributed by atoms with Crippen LogP contribution in [0.2, 0.25) is 0 Å². The molecule has 2 saturated heterocycles. The van der Waals surface area contributed by atoms with Crippen LogP contribution in [0.25, 0.3) is 10.4 Å². The molecular formula is C69H92N6O17S. The molecule has 2 fully saturated rings. The number of piperidine rings is 1. The van der Waals surface area contributed by atoms with Gasteiger partial charge in [0.2, 0.25) is 29.4 Å². The Kier molecular flexibility index (Phi) is 27.5. The summed E-state index contributed by atoms with van der Waals surface area (Å²) in [5.41, 5.74) is 6.00. The Morgan fingerprint density at radius 1 is 0.710 bits per heavy atom. The minimum Gasteiger partial charge on any atom is -0.493 e. The molecular weight excluding hydrogens is 1220 g/mol. The van der Waals surface area contributed by atoms with Gasteiger partial charge in [-0.1, -0.05) is 76.2 Å². The van der Waals surface area contributed by atoms with Crippen molar-refractivity contribution in [1.82, 2.24) is 30.7 Å². The second-order valence-electron chi connectivity index (χ2n) is 24.0. The van der Waals surface area contributed by atoms with E-state index in [9.17, 15) is 33.9 Å². The van der Waals surface area contributed by atoms with Crippen molar-refractivity contribution in [2.75, 3.05) is 101 Å². The summed E-state index contributed by atoms with van der Waals surface area (Å²) in [6.45, 7) is 11.8. The second kappa shape index (κ2) is 35.3. The Hall–Kier alpha value is -8.03. The molecule has 7 atom stereocenters. The Bertz CT molecular complexity index is 3260. The highest BCUT2D eigenvalue weighted by molar-refractivity contribution is 7.13. The summed E-state index contributed by atoms with van der Waals surface area (Å²) in [4.78, 5) is 91.8. The number of ether oxygens (including phenoxy) is 10. The van der Waals surface area contributed by atoms with E-state index in [0.29, 0.717) is 90.7 Å². The third kappa shape index (κ3) is 19.8. The SMILES string of the molecule is CCC(C(=O)N1CCCCC1C(=O)OC(CCc1ccc(OC)c(OC)c1)c1ccccc1OCC(=O)NCCOCCOCCOCC(=O)NC(C(=O)N1CC(O)CC1C(=O)NC(C)c1ccc(-c2scnc2C)cc1)C(C)(C)C)c1cc(OC)c(OC)c(OC)c1. The van der Waals surface area contributed by atoms with E-state index in [1.165, 1.54) is 26.2 Å². The number of nitrogens with zero attached hydrogens (tertiary/aromatic N) is 3. The first-order valence-electron chi connectivity index (χ1n) is 31.6. The van der Waals surface area contributed by atoms with E-state index >= 15 is 0 Å². The monoisotopic (exact) mass is 1310 g/mol. The fourth-order valence-electron chi connectivity index (χ4n) is 11.5. The minimum absolute atomic E-state index is 0.0564. The number of aryl methyl sites for hydroxylation is 2. The van der Waals surface area contributed by atoms with Crippen molar-refractivity contribution in [3.8, 4) is 44.9 Å². The van der Waals surface area contributed by atoms with Crippen molar-refractivity contribution in [3.05, 3.63) is 112 Å². The fraction of sp³-hybridized carbons (Fsp3) is 0.522. The lowest BCUT2D eigenvalue weighted by Gasteiger charge is -2.37. The molecule has 0 spiro atoms. The van der Waals surface area contributed by atoms with Crippen molar-refractivity contribution in [3.63, 3.8) is 0 Å². The third-order valence-electron chi connectivity index (χ3n) is 16.5. The largest absolute Gasteiger partial charge is 0.493 e. The van der Waals surface area contributed by atoms with Gasteiger partial charge in [-0.05, 0) is 110 Å². The van der Waals surface area contributed by atoms with Crippen LogP contribution in [0.1, 0.15) is 119 Å². The van der Waals surface area contributed by atoms with E-state index in [4.69, 9.17) is 47.4 Å². The van der Waals surface area contributed by atoms with Crippen LogP contribution in [0.4, 0.5) is 0 Å². The number of thiazole rings is 1. The molecule has 0 radical (unpaired) electrons. The maximum Gasteiger partial charge on any atom is 0.329 e. The van der Waals surface area contributed by atoms with Crippen molar-refractivity contribution in [2.24, 2.45) is 5.41 Å². The maximum atomic E-state index is 14.6. The summed E-state index contributed by atoms with van der Waals surface area (Å²) in [5, 5.41) is 19.3. The van der Waals surface area contributed by atoms with Crippen LogP contribution < -0.4 is 44.4 Å². The number of methoxy groups -OCH3 is 5. The molecule has 7 unspecified atom stereocenters. The van der Waals surface area contributed by atoms with Gasteiger partial charge in [-0.15, -0.1) is 11.3 Å². The Morgan fingerprint density at radius 3 is 2.03 bits per heavy atom. The zero-order valence-electron chi connectivity index (χ0n) is 55.4. The lowest BCUT2D eigenvalue weighted by Crippen LogP contribution is -2.58. The van der Waals surface area contributed by atoms with Crippen LogP contribution in [0.5, 0.6) is 34.5 Å². The van der Waals surface area contributed by atoms with Crippen LogP contribution in [-0.2, 0) is 54.1 Å². The molecule has 0 bridgehead atoms. The summed E-state index contributed by atoms with van der Waals surface area (Å²) >= 11 is 1.56. The molecule has 3 heterocycles. The summed E-state index contributed by atoms with van der Waals surface area (Å²) in [7, 11) is 7.67. The van der Waals surface area contributed by atoms with Crippen molar-refractivity contribution in [2.45, 2.75) is 129 Å². The van der Waals surface area contributed by atoms with Gasteiger partial charge in [0, 0.05) is 31.6 Å². The number of aliphatic hydroxyl groups excluding tert-OH is 1. The zero-order valence-corrected chi connectivity index (χ0v) is 56.2. The summed E-state index contributed by atoms with van der Waals surface area (Å²) < 4.78 is 57.3. The molecule has 4 aromatic carbocycles. The molecule has 5 amide bonds. The summed E-state index contributed by atoms with van der Waals surface area (Å²) in [5.74, 6) is -0.540. The van der Waals surface area contributed by atoms with E-state index in [1.807, 2.05) is 84.0 Å². The highest BCUT2D eigenvalue weighted by atomic mass is 32.1. The molecule has 2 aliphatic heterocycles. The lowest BCUT2D eigenvalue weighted by atomic mass is 9.85. The lowest BCUT2D eigenvalue weighted by molar-refractivity contribution is -0.162. The van der Waals surface area contributed by atoms with Gasteiger partial charge in [-0.3, -0.25) is 24.0 Å². The first-order valence-corrected chi connectivity index (χ1v) is 32.4. The smallest absolute Gasteiger partial charge is 0.329 e. The van der Waals surface area contributed by atoms with Gasteiger partial charge in [-0.25, -0.2) is 9.78 Å². The van der Waals surface area contributed by atoms with Crippen LogP contribution in [0.3, 0.4) is 0 Å². The number of carbonyl (C=O) groups excluding carboxylic acids is 6. The Balaban J connectivity index is 0.847. The van der Waals surface area contributed by atoms with Gasteiger partial charge >= 0.3 is 5.97 Å². The van der Waals surface area contributed by atoms with E-state index < -0.39 is 71.3 Å². The van der Waals surface area contributed by atoms with Crippen molar-refractivity contribution < 1.29 is 81.2 Å². The van der Waals surface area contributed by atoms with Crippen LogP contribution >= 0.6 is 11.3 Å². The Labute approximate surface area is 549 Å². The van der Waals surface area contributed by atoms with Gasteiger partial charge in [0.05, 0.1) is 103 Å². The highest BCUT2D eigenvalue weighted by Gasteiger charge is 2.45. The normalized spacial score (nSPS) is 16.9. The number of aromatic nitrogens is 1. The molecule has 4 N–H and O–H groups in total. The zero-order chi connectivity index (χ0) is 67.2. The number of benzene rings is 4. The number of β-amino-alcohol motifs (C(OH)–C–C–N with tert-alkyl or cyclic N) is 1. The summed E-state index contributed by atoms with van der Waals surface area (Å²) in [6.07, 6.45) is 1.32. The average molecular weight is 1310 g/mol. The number of aliphatic hydroxyl groups is 1. The number of amides is 5. The molecule has 7 rings (SSSR count). The second-order valence-corrected chi connectivity index (χ2v) is 24.8. The van der Waals surface area contributed by atoms with Crippen molar-refractivity contribution in [1.29, 1.82) is 0 Å². The number of rotatable bonds is 34. The number of likely N-dealkylation sites (tertiary alicyclic amines) is 2. The van der Waals surface area contributed by atoms with Crippen LogP contribution in [0, 0.1) is 12.3 Å². The Morgan fingerprint density at radius 2 is 1.39 bits per heavy atom. The standard InChI is InChI=1S/C69H92N6O17S/c1-12-50(48-36-58(85-9)62(87-11)59(37-48)86-10)66(80)74-29-16-15-18-52(74)68(82)92-55(26-20-45-21-27-56(83-7)57(35-45)84-8)51-17-13-14-19-54(51)91-41-60(77)70-28-30-88-31-32-89-33-34-90-40-61(78)73-64(69(4,5)6)67(81)75-39-49(76)38-53(75)65(79)72-43(2)46-22-24-47(25-23-46)63-44(3)71-42-93-63/h13-14,17,19,21-25,27,35-37,42-43,49-50,52-53,55,64,76H,12,15-16,18,20,26,28-34,38-41H2,1-11H3,(H,70,77)(H,72,79)(H,73,78). The van der Waals surface area contributed by atoms with Gasteiger partial charge in [-0.2, -0.15) is 0 Å². The van der Waals surface area contributed by atoms with Crippen LogP contribution in [-0.4, -0.2) is 181 Å². The highest BCUT2D eigenvalue weighted by Crippen LogP contribution is 2.42. The first-order chi connectivity index (χ1) is 44.7. The van der Waals surface area contributed by atoms with Gasteiger partial charge in [0.25, 0.3) is 5.91 Å². The van der Waals surface area contributed by atoms with E-state index in [-0.39, 0.29) is 77.7 Å². The van der Waals surface area contributed by atoms with E-state index in [1.54, 1.807) is 72.4 Å². The van der Waals surface area contributed by atoms with Gasteiger partial charge < -0.3 is 78.2 Å². The fourth-order valence-corrected chi connectivity index (χ4v) is 12.3. The number of hydrogen-bond acceptors (Lipinski definition) is 19. The number of carbonyl (C=O) groups is 6. The number of nitrogens with one attached hydrogen (secondary N) is 3. The number of hydrogen-bond donors (Lipinski definition) is 4. The topological polar surface area (TPSA) is 270 Å². The molecule has 5 aromatic rings. The van der Waals surface area contributed by atoms with E-state index in [2.05, 4.69) is 20.9 Å². The predicted molar refractivity (Wildman–Crippen MR) is 349 cm³/mol. The molecule has 24 heteroatoms. The molecule has 0 saturated carbocycles. The first kappa shape index (κ1) is 72.4. The van der Waals surface area contributed by atoms with Crippen LogP contribution in [0.15, 0.2) is 84.4 Å². The molecule has 0 aliphatic carbocycles. The van der Waals surface area contributed by atoms with E-state index in [0.717, 1.165) is 27.3 Å². The molecule has 1 aromatic heterocycles. The molecule has 506 valence electrons. The van der Waals surface area contributed by atoms with Gasteiger partial charge in [0.15, 0.2) is 29.6 Å². The summed E-state index contributed by atoms with van der Waals surface area (Å²) in [6, 6.07) is 20.9. The van der Waals surface area contributed by atoms with Crippen molar-refractivity contribution >= 4 is 46.8 Å². The number of para-hydroxylation sites is 1. The molecule has 93 heavy (non-hydrogen) atoms. The molecule has 2 aliphatic rings. The quantitative estimate of drug-likeness (QED) is 0.0225. The minimum atomic E-state index is -1.02. The predicted octanol–water partition coefficient (Wildman–Crippen LogP) is 7.87. The third-order valence-corrected chi connectivity index (χ3v) is 17.5. The van der Waals surface area contributed by atoms with Gasteiger partial charge in [0.1, 0.15) is 36.6 Å².